The molecular weight excluding hydrogens is 404 g/mol. The highest BCUT2D eigenvalue weighted by atomic mass is 16.1. The zero-order valence-electron chi connectivity index (χ0n) is 17.7. The number of fused-ring (bicyclic) bond motifs is 4. The standard InChI is InChI=1S/C30H18N2O/c33-30-25-17-23(20-10-5-2-6-11-20)16-22-12-7-13-24(28(22)25)29-31-26-15-14-21(18-27(26)32(29)30)19-8-3-1-4-9-19/h1-18H. The Morgan fingerprint density at radius 2 is 1.30 bits per heavy atom. The summed E-state index contributed by atoms with van der Waals surface area (Å²) in [5.74, 6) is 0. The normalized spacial score (nSPS) is 11.8. The van der Waals surface area contributed by atoms with Gasteiger partial charge in [0.15, 0.2) is 0 Å². The summed E-state index contributed by atoms with van der Waals surface area (Å²) in [6.45, 7) is 0. The Morgan fingerprint density at radius 3 is 2.06 bits per heavy atom. The van der Waals surface area contributed by atoms with E-state index in [1.54, 1.807) is 4.40 Å². The molecule has 0 aliphatic rings. The lowest BCUT2D eigenvalue weighted by molar-refractivity contribution is 1.19. The van der Waals surface area contributed by atoms with Gasteiger partial charge in [-0.2, -0.15) is 0 Å². The van der Waals surface area contributed by atoms with Crippen LogP contribution in [0.1, 0.15) is 0 Å². The van der Waals surface area contributed by atoms with E-state index in [1.165, 1.54) is 0 Å². The lowest BCUT2D eigenvalue weighted by Gasteiger charge is -2.10. The van der Waals surface area contributed by atoms with E-state index in [-0.39, 0.29) is 5.56 Å². The largest absolute Gasteiger partial charge is 0.268 e. The van der Waals surface area contributed by atoms with Crippen molar-refractivity contribution in [3.63, 3.8) is 0 Å². The summed E-state index contributed by atoms with van der Waals surface area (Å²) in [4.78, 5) is 18.8. The summed E-state index contributed by atoms with van der Waals surface area (Å²) >= 11 is 0. The van der Waals surface area contributed by atoms with Crippen molar-refractivity contribution < 1.29 is 0 Å². The van der Waals surface area contributed by atoms with Gasteiger partial charge in [0.05, 0.1) is 11.0 Å². The number of aromatic nitrogens is 2. The van der Waals surface area contributed by atoms with Crippen molar-refractivity contribution in [2.45, 2.75) is 0 Å². The smallest absolute Gasteiger partial charge is 0.264 e. The number of hydrogen-bond donors (Lipinski definition) is 0. The molecule has 0 radical (unpaired) electrons. The van der Waals surface area contributed by atoms with E-state index in [1.807, 2.05) is 54.6 Å². The SMILES string of the molecule is O=c1c2cc(-c3ccccc3)cc3cccc(c32)c2nc3ccc(-c4ccccc4)cc3n12. The Balaban J connectivity index is 1.62. The Kier molecular flexibility index (Phi) is 3.70. The molecule has 7 rings (SSSR count). The molecular formula is C30H18N2O. The van der Waals surface area contributed by atoms with Crippen molar-refractivity contribution in [3.8, 4) is 22.3 Å². The molecule has 2 aromatic heterocycles. The van der Waals surface area contributed by atoms with Crippen LogP contribution in [0.2, 0.25) is 0 Å². The molecule has 2 heterocycles. The van der Waals surface area contributed by atoms with E-state index < -0.39 is 0 Å². The van der Waals surface area contributed by atoms with Gasteiger partial charge in [-0.05, 0) is 51.9 Å². The molecule has 0 aliphatic carbocycles. The Labute approximate surface area is 189 Å². The van der Waals surface area contributed by atoms with Gasteiger partial charge in [-0.25, -0.2) is 4.98 Å². The maximum atomic E-state index is 13.9. The molecule has 0 bridgehead atoms. The van der Waals surface area contributed by atoms with Gasteiger partial charge in [-0.3, -0.25) is 9.20 Å². The maximum Gasteiger partial charge on any atom is 0.264 e. The van der Waals surface area contributed by atoms with Gasteiger partial charge in [0.25, 0.3) is 5.56 Å². The topological polar surface area (TPSA) is 34.4 Å². The second kappa shape index (κ2) is 6.75. The van der Waals surface area contributed by atoms with Gasteiger partial charge in [0.2, 0.25) is 0 Å². The Bertz CT molecular complexity index is 1870. The first-order chi connectivity index (χ1) is 16.3. The number of hydrogen-bond acceptors (Lipinski definition) is 2. The molecule has 3 heteroatoms. The predicted molar refractivity (Wildman–Crippen MR) is 136 cm³/mol. The van der Waals surface area contributed by atoms with Crippen LogP contribution in [0.15, 0.2) is 114 Å². The van der Waals surface area contributed by atoms with Crippen LogP contribution in [0.4, 0.5) is 0 Å². The first kappa shape index (κ1) is 18.1. The van der Waals surface area contributed by atoms with Crippen molar-refractivity contribution >= 4 is 38.2 Å². The zero-order valence-corrected chi connectivity index (χ0v) is 17.7. The van der Waals surface area contributed by atoms with Crippen LogP contribution in [-0.2, 0) is 0 Å². The number of rotatable bonds is 2. The van der Waals surface area contributed by atoms with Gasteiger partial charge in [-0.15, -0.1) is 0 Å². The molecule has 5 aromatic carbocycles. The monoisotopic (exact) mass is 422 g/mol. The van der Waals surface area contributed by atoms with E-state index in [0.717, 1.165) is 54.8 Å². The molecule has 0 spiro atoms. The Morgan fingerprint density at radius 1 is 0.576 bits per heavy atom. The third-order valence-corrected chi connectivity index (χ3v) is 6.52. The zero-order chi connectivity index (χ0) is 21.9. The highest BCUT2D eigenvalue weighted by molar-refractivity contribution is 6.16. The first-order valence-electron chi connectivity index (χ1n) is 11.0. The van der Waals surface area contributed by atoms with Crippen LogP contribution in [0.25, 0.3) is 60.5 Å². The highest BCUT2D eigenvalue weighted by Gasteiger charge is 2.17. The first-order valence-corrected chi connectivity index (χ1v) is 11.0. The van der Waals surface area contributed by atoms with Crippen LogP contribution in [0.5, 0.6) is 0 Å². The van der Waals surface area contributed by atoms with Gasteiger partial charge in [0, 0.05) is 16.2 Å². The minimum Gasteiger partial charge on any atom is -0.268 e. The fourth-order valence-electron chi connectivity index (χ4n) is 4.97. The average molecular weight is 422 g/mol. The van der Waals surface area contributed by atoms with E-state index in [4.69, 9.17) is 4.98 Å². The molecule has 0 saturated carbocycles. The maximum absolute atomic E-state index is 13.9. The van der Waals surface area contributed by atoms with Crippen LogP contribution in [0, 0.1) is 0 Å². The summed E-state index contributed by atoms with van der Waals surface area (Å²) in [6, 6.07) is 37.0. The van der Waals surface area contributed by atoms with Crippen molar-refractivity contribution in [3.05, 3.63) is 120 Å². The number of imidazole rings is 1. The predicted octanol–water partition coefficient (Wildman–Crippen LogP) is 6.93. The minimum atomic E-state index is -0.0285. The van der Waals surface area contributed by atoms with Crippen LogP contribution in [-0.4, -0.2) is 9.38 Å². The van der Waals surface area contributed by atoms with Crippen molar-refractivity contribution in [1.82, 2.24) is 9.38 Å². The summed E-state index contributed by atoms with van der Waals surface area (Å²) in [6.07, 6.45) is 0. The molecule has 7 aromatic rings. The molecule has 0 fully saturated rings. The quantitative estimate of drug-likeness (QED) is 0.303. The highest BCUT2D eigenvalue weighted by Crippen LogP contribution is 2.34. The van der Waals surface area contributed by atoms with Gasteiger partial charge in [0.1, 0.15) is 5.65 Å². The summed E-state index contributed by atoms with van der Waals surface area (Å²) in [7, 11) is 0. The summed E-state index contributed by atoms with van der Waals surface area (Å²) in [5.41, 5.74) is 6.68. The molecule has 3 nitrogen and oxygen atoms in total. The fraction of sp³-hybridized carbons (Fsp3) is 0. The lowest BCUT2D eigenvalue weighted by Crippen LogP contribution is -2.13. The molecule has 0 atom stereocenters. The second-order valence-electron chi connectivity index (χ2n) is 8.44. The molecule has 0 saturated heterocycles. The number of benzene rings is 5. The van der Waals surface area contributed by atoms with E-state index >= 15 is 0 Å². The lowest BCUT2D eigenvalue weighted by atomic mass is 9.96. The van der Waals surface area contributed by atoms with Crippen molar-refractivity contribution in [2.75, 3.05) is 0 Å². The molecule has 0 aliphatic heterocycles. The molecule has 0 unspecified atom stereocenters. The Hall–Kier alpha value is -4.50. The third-order valence-electron chi connectivity index (χ3n) is 6.52. The number of nitrogens with zero attached hydrogens (tertiary/aromatic N) is 2. The van der Waals surface area contributed by atoms with E-state index in [9.17, 15) is 4.79 Å². The summed E-state index contributed by atoms with van der Waals surface area (Å²) in [5, 5.41) is 3.76. The van der Waals surface area contributed by atoms with Gasteiger partial charge < -0.3 is 0 Å². The number of pyridine rings is 1. The molecule has 0 N–H and O–H groups in total. The van der Waals surface area contributed by atoms with Crippen molar-refractivity contribution in [2.24, 2.45) is 0 Å². The molecule has 0 amide bonds. The second-order valence-corrected chi connectivity index (χ2v) is 8.44. The van der Waals surface area contributed by atoms with Crippen LogP contribution >= 0.6 is 0 Å². The van der Waals surface area contributed by atoms with Gasteiger partial charge in [-0.1, -0.05) is 84.9 Å². The minimum absolute atomic E-state index is 0.0285. The molecule has 154 valence electrons. The van der Waals surface area contributed by atoms with Crippen molar-refractivity contribution in [1.29, 1.82) is 0 Å². The third kappa shape index (κ3) is 2.63. The van der Waals surface area contributed by atoms with E-state index in [0.29, 0.717) is 5.65 Å². The van der Waals surface area contributed by atoms with Crippen LogP contribution < -0.4 is 5.56 Å². The summed E-state index contributed by atoms with van der Waals surface area (Å²) < 4.78 is 1.79. The molecule has 33 heavy (non-hydrogen) atoms. The van der Waals surface area contributed by atoms with Gasteiger partial charge >= 0.3 is 0 Å². The fourth-order valence-corrected chi connectivity index (χ4v) is 4.97. The van der Waals surface area contributed by atoms with E-state index in [2.05, 4.69) is 54.6 Å². The average Bonchev–Trinajstić information content (AvgIpc) is 3.27. The van der Waals surface area contributed by atoms with Crippen LogP contribution in [0.3, 0.4) is 0 Å².